The van der Waals surface area contributed by atoms with Crippen molar-refractivity contribution in [3.63, 3.8) is 0 Å². The Balaban J connectivity index is 1.45. The van der Waals surface area contributed by atoms with E-state index >= 15 is 0 Å². The lowest BCUT2D eigenvalue weighted by molar-refractivity contribution is 0.122. The Kier molecular flexibility index (Phi) is 4.43. The highest BCUT2D eigenvalue weighted by atomic mass is 16.5. The summed E-state index contributed by atoms with van der Waals surface area (Å²) in [5.74, 6) is 1.91. The molecule has 1 unspecified atom stereocenters. The average Bonchev–Trinajstić information content (AvgIpc) is 3.41. The van der Waals surface area contributed by atoms with Gasteiger partial charge in [0.15, 0.2) is 0 Å². The molecule has 0 bridgehead atoms. The number of hydrogen-bond donors (Lipinski definition) is 2. The fourth-order valence-corrected chi connectivity index (χ4v) is 4.82. The second kappa shape index (κ2) is 7.34. The number of fused-ring (bicyclic) bond motifs is 2. The van der Waals surface area contributed by atoms with Gasteiger partial charge in [-0.2, -0.15) is 10.1 Å². The lowest BCUT2D eigenvalue weighted by Gasteiger charge is -2.31. The Morgan fingerprint density at radius 2 is 2.03 bits per heavy atom. The number of anilines is 2. The van der Waals surface area contributed by atoms with Gasteiger partial charge in [0.25, 0.3) is 0 Å². The van der Waals surface area contributed by atoms with E-state index < -0.39 is 0 Å². The van der Waals surface area contributed by atoms with Crippen LogP contribution in [0.25, 0.3) is 11.3 Å². The second-order valence-corrected chi connectivity index (χ2v) is 8.86. The molecule has 0 saturated carbocycles. The zero-order valence-electron chi connectivity index (χ0n) is 18.1. The van der Waals surface area contributed by atoms with Crippen molar-refractivity contribution in [1.29, 1.82) is 0 Å². The summed E-state index contributed by atoms with van der Waals surface area (Å²) in [5.41, 5.74) is 8.38. The molecule has 1 aromatic carbocycles. The zero-order valence-corrected chi connectivity index (χ0v) is 18.1. The molecule has 0 amide bonds. The highest BCUT2D eigenvalue weighted by molar-refractivity contribution is 5.86. The summed E-state index contributed by atoms with van der Waals surface area (Å²) in [5, 5.41) is 14.4. The lowest BCUT2D eigenvalue weighted by Crippen LogP contribution is -2.39. The third-order valence-electron chi connectivity index (χ3n) is 6.71. The fourth-order valence-electron chi connectivity index (χ4n) is 4.82. The maximum atomic E-state index is 10.1. The molecule has 1 aromatic heterocycles. The van der Waals surface area contributed by atoms with Crippen molar-refractivity contribution >= 4 is 18.0 Å². The van der Waals surface area contributed by atoms with Crippen molar-refractivity contribution in [2.24, 2.45) is 5.10 Å². The topological polar surface area (TPSA) is 86.1 Å². The SMILES string of the molecule is CC12CC=C(N3CCc4c(-c5cccc(O)c5)nc(N5CCOCC5)nc43)C=C1C=NN2. The van der Waals surface area contributed by atoms with Crippen LogP contribution in [0.15, 0.2) is 52.8 Å². The van der Waals surface area contributed by atoms with E-state index in [-0.39, 0.29) is 11.3 Å². The average molecular weight is 431 g/mol. The van der Waals surface area contributed by atoms with Crippen LogP contribution < -0.4 is 15.2 Å². The molecule has 1 fully saturated rings. The molecule has 4 aliphatic rings. The summed E-state index contributed by atoms with van der Waals surface area (Å²) >= 11 is 0. The highest BCUT2D eigenvalue weighted by Crippen LogP contribution is 2.40. The number of allylic oxidation sites excluding steroid dienone is 1. The summed E-state index contributed by atoms with van der Waals surface area (Å²) in [4.78, 5) is 14.5. The number of aromatic hydroxyl groups is 1. The van der Waals surface area contributed by atoms with Crippen LogP contribution in [0, 0.1) is 0 Å². The molecule has 1 atom stereocenters. The normalized spacial score (nSPS) is 24.0. The van der Waals surface area contributed by atoms with Gasteiger partial charge in [0.05, 0.1) is 30.7 Å². The van der Waals surface area contributed by atoms with Gasteiger partial charge in [0.2, 0.25) is 5.95 Å². The molecule has 2 N–H and O–H groups in total. The number of phenols is 1. The number of morpholine rings is 1. The predicted octanol–water partition coefficient (Wildman–Crippen LogP) is 2.61. The smallest absolute Gasteiger partial charge is 0.228 e. The summed E-state index contributed by atoms with van der Waals surface area (Å²) in [6.45, 7) is 5.91. The van der Waals surface area contributed by atoms with E-state index in [0.717, 1.165) is 66.8 Å². The number of aromatic nitrogens is 2. The van der Waals surface area contributed by atoms with Crippen LogP contribution in [0.4, 0.5) is 11.8 Å². The largest absolute Gasteiger partial charge is 0.508 e. The number of ether oxygens (including phenoxy) is 1. The first-order valence-corrected chi connectivity index (χ1v) is 11.1. The molecule has 6 rings (SSSR count). The van der Waals surface area contributed by atoms with Gasteiger partial charge in [-0.25, -0.2) is 4.98 Å². The molecule has 1 aliphatic carbocycles. The fraction of sp³-hybridized carbons (Fsp3) is 0.375. The van der Waals surface area contributed by atoms with Crippen molar-refractivity contribution < 1.29 is 9.84 Å². The number of benzene rings is 1. The van der Waals surface area contributed by atoms with Crippen LogP contribution in [0.1, 0.15) is 18.9 Å². The molecule has 0 radical (unpaired) electrons. The molecule has 1 saturated heterocycles. The molecule has 32 heavy (non-hydrogen) atoms. The van der Waals surface area contributed by atoms with Gasteiger partial charge in [0.1, 0.15) is 11.6 Å². The Hall–Kier alpha value is -3.39. The third-order valence-corrected chi connectivity index (χ3v) is 6.71. The van der Waals surface area contributed by atoms with Gasteiger partial charge in [-0.3, -0.25) is 5.43 Å². The number of hydrazone groups is 1. The summed E-state index contributed by atoms with van der Waals surface area (Å²) in [7, 11) is 0. The monoisotopic (exact) mass is 430 g/mol. The van der Waals surface area contributed by atoms with Crippen LogP contribution in [-0.2, 0) is 11.2 Å². The minimum absolute atomic E-state index is 0.122. The molecule has 8 heteroatoms. The standard InChI is InChI=1S/C24H26N6O2/c1-24-7-5-18(14-17(24)15-25-28-24)30-8-6-20-21(16-3-2-4-19(31)13-16)26-23(27-22(20)30)29-9-11-32-12-10-29/h2-5,13-15,28,31H,6-12H2,1H3. The van der Waals surface area contributed by atoms with Crippen LogP contribution in [0.5, 0.6) is 5.75 Å². The number of nitrogens with one attached hydrogen (secondary N) is 1. The van der Waals surface area contributed by atoms with Gasteiger partial charge in [-0.1, -0.05) is 18.2 Å². The van der Waals surface area contributed by atoms with E-state index in [0.29, 0.717) is 13.2 Å². The first kappa shape index (κ1) is 19.3. The zero-order chi connectivity index (χ0) is 21.7. The van der Waals surface area contributed by atoms with Crippen LogP contribution in [0.2, 0.25) is 0 Å². The predicted molar refractivity (Wildman–Crippen MR) is 124 cm³/mol. The molecule has 8 nitrogen and oxygen atoms in total. The Labute approximate surface area is 186 Å². The third kappa shape index (κ3) is 3.14. The van der Waals surface area contributed by atoms with Crippen LogP contribution in [0.3, 0.4) is 0 Å². The van der Waals surface area contributed by atoms with Crippen molar-refractivity contribution in [2.75, 3.05) is 42.6 Å². The first-order valence-electron chi connectivity index (χ1n) is 11.1. The maximum absolute atomic E-state index is 10.1. The van der Waals surface area contributed by atoms with Crippen molar-refractivity contribution in [3.8, 4) is 17.0 Å². The van der Waals surface area contributed by atoms with Gasteiger partial charge < -0.3 is 19.6 Å². The molecular formula is C24H26N6O2. The number of phenolic OH excluding ortho intramolecular Hbond substituents is 1. The van der Waals surface area contributed by atoms with E-state index in [1.165, 1.54) is 5.57 Å². The van der Waals surface area contributed by atoms with Crippen molar-refractivity contribution in [2.45, 2.75) is 25.3 Å². The Bertz CT molecular complexity index is 1170. The van der Waals surface area contributed by atoms with Crippen molar-refractivity contribution in [1.82, 2.24) is 15.4 Å². The minimum Gasteiger partial charge on any atom is -0.508 e. The summed E-state index contributed by atoms with van der Waals surface area (Å²) in [6.07, 6.45) is 8.13. The molecule has 4 heterocycles. The van der Waals surface area contributed by atoms with Gasteiger partial charge in [0, 0.05) is 42.0 Å². The minimum atomic E-state index is -0.122. The Morgan fingerprint density at radius 3 is 2.88 bits per heavy atom. The molecule has 164 valence electrons. The second-order valence-electron chi connectivity index (χ2n) is 8.86. The van der Waals surface area contributed by atoms with Gasteiger partial charge in [-0.15, -0.1) is 0 Å². The van der Waals surface area contributed by atoms with Crippen molar-refractivity contribution in [3.05, 3.63) is 53.3 Å². The summed E-state index contributed by atoms with van der Waals surface area (Å²) < 4.78 is 5.53. The highest BCUT2D eigenvalue weighted by Gasteiger charge is 2.36. The van der Waals surface area contributed by atoms with Gasteiger partial charge in [-0.05, 0) is 38.0 Å². The van der Waals surface area contributed by atoms with Gasteiger partial charge >= 0.3 is 0 Å². The number of nitrogens with zero attached hydrogens (tertiary/aromatic N) is 5. The van der Waals surface area contributed by atoms with Crippen LogP contribution >= 0.6 is 0 Å². The van der Waals surface area contributed by atoms with E-state index in [4.69, 9.17) is 14.7 Å². The maximum Gasteiger partial charge on any atom is 0.228 e. The quantitative estimate of drug-likeness (QED) is 0.774. The van der Waals surface area contributed by atoms with E-state index in [1.54, 1.807) is 12.1 Å². The molecule has 0 spiro atoms. The molecule has 3 aliphatic heterocycles. The van der Waals surface area contributed by atoms with E-state index in [1.807, 2.05) is 18.3 Å². The molecular weight excluding hydrogens is 404 g/mol. The van der Waals surface area contributed by atoms with E-state index in [9.17, 15) is 5.11 Å². The molecule has 2 aromatic rings. The number of rotatable bonds is 3. The first-order chi connectivity index (χ1) is 15.6. The Morgan fingerprint density at radius 1 is 1.16 bits per heavy atom. The lowest BCUT2D eigenvalue weighted by atomic mass is 9.86. The van der Waals surface area contributed by atoms with Crippen LogP contribution in [-0.4, -0.2) is 59.7 Å². The van der Waals surface area contributed by atoms with E-state index in [2.05, 4.69) is 39.4 Å². The summed E-state index contributed by atoms with van der Waals surface area (Å²) in [6, 6.07) is 7.33. The number of hydrogen-bond acceptors (Lipinski definition) is 8.